The fourth-order valence-corrected chi connectivity index (χ4v) is 2.57. The average molecular weight is 351 g/mol. The van der Waals surface area contributed by atoms with Crippen molar-refractivity contribution in [3.8, 4) is 0 Å². The SMILES string of the molecule is Cc1c(C(=O)c2ccc(F)cc2F)oc2ccc(Br)cc12. The van der Waals surface area contributed by atoms with Crippen molar-refractivity contribution in [1.29, 1.82) is 0 Å². The molecule has 106 valence electrons. The van der Waals surface area contributed by atoms with Gasteiger partial charge >= 0.3 is 0 Å². The summed E-state index contributed by atoms with van der Waals surface area (Å²) in [5.74, 6) is -2.17. The van der Waals surface area contributed by atoms with Gasteiger partial charge < -0.3 is 4.42 Å². The fraction of sp³-hybridized carbons (Fsp3) is 0.0625. The number of ketones is 1. The van der Waals surface area contributed by atoms with E-state index in [-0.39, 0.29) is 11.3 Å². The molecule has 21 heavy (non-hydrogen) atoms. The van der Waals surface area contributed by atoms with Gasteiger partial charge in [0.2, 0.25) is 5.78 Å². The first-order chi connectivity index (χ1) is 9.97. The van der Waals surface area contributed by atoms with Crippen LogP contribution >= 0.6 is 15.9 Å². The Labute approximate surface area is 127 Å². The number of furan rings is 1. The topological polar surface area (TPSA) is 30.2 Å². The average Bonchev–Trinajstić information content (AvgIpc) is 2.75. The van der Waals surface area contributed by atoms with E-state index in [0.29, 0.717) is 17.2 Å². The van der Waals surface area contributed by atoms with Gasteiger partial charge in [-0.1, -0.05) is 15.9 Å². The van der Waals surface area contributed by atoms with Gasteiger partial charge in [-0.3, -0.25) is 4.79 Å². The van der Waals surface area contributed by atoms with Gasteiger partial charge in [-0.2, -0.15) is 0 Å². The molecule has 0 N–H and O–H groups in total. The Bertz CT molecular complexity index is 868. The highest BCUT2D eigenvalue weighted by molar-refractivity contribution is 9.10. The molecule has 0 aliphatic rings. The Balaban J connectivity index is 2.15. The normalized spacial score (nSPS) is 11.0. The highest BCUT2D eigenvalue weighted by atomic mass is 79.9. The van der Waals surface area contributed by atoms with E-state index in [1.54, 1.807) is 19.1 Å². The van der Waals surface area contributed by atoms with E-state index >= 15 is 0 Å². The summed E-state index contributed by atoms with van der Waals surface area (Å²) in [6.07, 6.45) is 0. The molecule has 0 saturated carbocycles. The standard InChI is InChI=1S/C16H9BrF2O2/c1-8-12-6-9(17)2-5-14(12)21-16(8)15(20)11-4-3-10(18)7-13(11)19/h2-7H,1H3. The van der Waals surface area contributed by atoms with Gasteiger partial charge in [0.25, 0.3) is 0 Å². The van der Waals surface area contributed by atoms with Crippen LogP contribution in [0.5, 0.6) is 0 Å². The lowest BCUT2D eigenvalue weighted by atomic mass is 10.0. The molecule has 0 aliphatic heterocycles. The lowest BCUT2D eigenvalue weighted by molar-refractivity contribution is 0.101. The first kappa shape index (κ1) is 13.9. The van der Waals surface area contributed by atoms with Crippen LogP contribution in [0.4, 0.5) is 8.78 Å². The number of halogens is 3. The second-order valence-corrected chi connectivity index (χ2v) is 5.57. The lowest BCUT2D eigenvalue weighted by Gasteiger charge is -2.01. The maximum atomic E-state index is 13.7. The molecule has 0 unspecified atom stereocenters. The molecule has 3 rings (SSSR count). The molecule has 2 nitrogen and oxygen atoms in total. The van der Waals surface area contributed by atoms with Crippen LogP contribution in [0.25, 0.3) is 11.0 Å². The third-order valence-corrected chi connectivity index (χ3v) is 3.77. The summed E-state index contributed by atoms with van der Waals surface area (Å²) in [7, 11) is 0. The van der Waals surface area contributed by atoms with Gasteiger partial charge in [-0.15, -0.1) is 0 Å². The van der Waals surface area contributed by atoms with Crippen molar-refractivity contribution in [2.45, 2.75) is 6.92 Å². The summed E-state index contributed by atoms with van der Waals surface area (Å²) >= 11 is 3.35. The maximum absolute atomic E-state index is 13.7. The van der Waals surface area contributed by atoms with Gasteiger partial charge in [0.15, 0.2) is 5.76 Å². The molecule has 1 aromatic heterocycles. The lowest BCUT2D eigenvalue weighted by Crippen LogP contribution is -2.04. The fourth-order valence-electron chi connectivity index (χ4n) is 2.21. The summed E-state index contributed by atoms with van der Waals surface area (Å²) < 4.78 is 33.0. The number of rotatable bonds is 2. The van der Waals surface area contributed by atoms with E-state index in [1.165, 1.54) is 0 Å². The van der Waals surface area contributed by atoms with E-state index in [2.05, 4.69) is 15.9 Å². The van der Waals surface area contributed by atoms with Crippen LogP contribution < -0.4 is 0 Å². The summed E-state index contributed by atoms with van der Waals surface area (Å²) in [4.78, 5) is 12.4. The van der Waals surface area contributed by atoms with E-state index in [1.807, 2.05) is 6.07 Å². The molecule has 0 fully saturated rings. The largest absolute Gasteiger partial charge is 0.452 e. The molecule has 2 aromatic carbocycles. The summed E-state index contributed by atoms with van der Waals surface area (Å²) in [5, 5.41) is 0.773. The minimum atomic E-state index is -0.902. The van der Waals surface area contributed by atoms with Crippen molar-refractivity contribution in [2.24, 2.45) is 0 Å². The van der Waals surface area contributed by atoms with Crippen molar-refractivity contribution in [3.63, 3.8) is 0 Å². The molecule has 3 aromatic rings. The van der Waals surface area contributed by atoms with Gasteiger partial charge in [-0.05, 0) is 37.3 Å². The molecule has 1 heterocycles. The highest BCUT2D eigenvalue weighted by Crippen LogP contribution is 2.29. The Hall–Kier alpha value is -2.01. The second kappa shape index (κ2) is 5.07. The number of hydrogen-bond donors (Lipinski definition) is 0. The smallest absolute Gasteiger partial charge is 0.231 e. The number of carbonyl (C=O) groups is 1. The zero-order chi connectivity index (χ0) is 15.1. The predicted octanol–water partition coefficient (Wildman–Crippen LogP) is 5.01. The third kappa shape index (κ3) is 2.38. The molecular formula is C16H9BrF2O2. The molecule has 0 spiro atoms. The Morgan fingerprint density at radius 1 is 1.14 bits per heavy atom. The van der Waals surface area contributed by atoms with E-state index in [9.17, 15) is 13.6 Å². The van der Waals surface area contributed by atoms with Gasteiger partial charge in [0, 0.05) is 21.5 Å². The molecule has 5 heteroatoms. The third-order valence-electron chi connectivity index (χ3n) is 3.28. The van der Waals surface area contributed by atoms with Gasteiger partial charge in [0.1, 0.15) is 17.2 Å². The molecular weight excluding hydrogens is 342 g/mol. The Morgan fingerprint density at radius 3 is 2.62 bits per heavy atom. The Kier molecular flexibility index (Phi) is 3.37. The van der Waals surface area contributed by atoms with E-state index in [0.717, 1.165) is 22.0 Å². The zero-order valence-corrected chi connectivity index (χ0v) is 12.5. The molecule has 0 bridgehead atoms. The van der Waals surface area contributed by atoms with Gasteiger partial charge in [-0.25, -0.2) is 8.78 Å². The molecule has 0 radical (unpaired) electrons. The molecule has 0 atom stereocenters. The minimum absolute atomic E-state index is 0.0635. The van der Waals surface area contributed by atoms with Crippen molar-refractivity contribution in [3.05, 3.63) is 69.4 Å². The van der Waals surface area contributed by atoms with Crippen LogP contribution in [0.1, 0.15) is 21.7 Å². The molecule has 0 aliphatic carbocycles. The van der Waals surface area contributed by atoms with Crippen molar-refractivity contribution < 1.29 is 18.0 Å². The Morgan fingerprint density at radius 2 is 1.90 bits per heavy atom. The van der Waals surface area contributed by atoms with Crippen LogP contribution in [0.3, 0.4) is 0 Å². The first-order valence-corrected chi connectivity index (χ1v) is 6.95. The van der Waals surface area contributed by atoms with Crippen molar-refractivity contribution >= 4 is 32.7 Å². The van der Waals surface area contributed by atoms with Crippen LogP contribution in [0.2, 0.25) is 0 Å². The number of hydrogen-bond acceptors (Lipinski definition) is 2. The molecule has 0 saturated heterocycles. The van der Waals surface area contributed by atoms with Crippen LogP contribution in [0.15, 0.2) is 45.3 Å². The summed E-state index contributed by atoms with van der Waals surface area (Å²) in [6, 6.07) is 8.19. The molecule has 0 amide bonds. The van der Waals surface area contributed by atoms with Crippen LogP contribution in [-0.2, 0) is 0 Å². The van der Waals surface area contributed by atoms with Crippen LogP contribution in [-0.4, -0.2) is 5.78 Å². The number of fused-ring (bicyclic) bond motifs is 1. The quantitative estimate of drug-likeness (QED) is 0.608. The van der Waals surface area contributed by atoms with E-state index < -0.39 is 17.4 Å². The van der Waals surface area contributed by atoms with Gasteiger partial charge in [0.05, 0.1) is 5.56 Å². The van der Waals surface area contributed by atoms with Crippen LogP contribution in [0, 0.1) is 18.6 Å². The highest BCUT2D eigenvalue weighted by Gasteiger charge is 2.22. The predicted molar refractivity (Wildman–Crippen MR) is 78.4 cm³/mol. The number of benzene rings is 2. The van der Waals surface area contributed by atoms with Crippen molar-refractivity contribution in [1.82, 2.24) is 0 Å². The maximum Gasteiger partial charge on any atom is 0.231 e. The minimum Gasteiger partial charge on any atom is -0.452 e. The zero-order valence-electron chi connectivity index (χ0n) is 10.9. The number of carbonyl (C=O) groups excluding carboxylic acids is 1. The summed E-state index contributed by atoms with van der Waals surface area (Å²) in [6.45, 7) is 1.73. The van der Waals surface area contributed by atoms with Crippen molar-refractivity contribution in [2.75, 3.05) is 0 Å². The summed E-state index contributed by atoms with van der Waals surface area (Å²) in [5.41, 5.74) is 0.958. The second-order valence-electron chi connectivity index (χ2n) is 4.65. The monoisotopic (exact) mass is 350 g/mol. The van der Waals surface area contributed by atoms with E-state index in [4.69, 9.17) is 4.42 Å². The first-order valence-electron chi connectivity index (χ1n) is 6.16. The number of aryl methyl sites for hydroxylation is 1.